The van der Waals surface area contributed by atoms with E-state index in [1.54, 1.807) is 37.3 Å². The molecule has 2 aromatic carbocycles. The summed E-state index contributed by atoms with van der Waals surface area (Å²) in [5.41, 5.74) is 0.506. The molecular formula is C25H24N2O8. The number of hydrogen-bond donors (Lipinski definition) is 1. The molecular weight excluding hydrogens is 456 g/mol. The van der Waals surface area contributed by atoms with Crippen molar-refractivity contribution in [2.75, 3.05) is 33.3 Å². The predicted octanol–water partition coefficient (Wildman–Crippen LogP) is 3.64. The number of aryl methyl sites for hydroxylation is 1. The van der Waals surface area contributed by atoms with Crippen LogP contribution in [0.4, 0.5) is 5.82 Å². The Morgan fingerprint density at radius 1 is 0.914 bits per heavy atom. The third kappa shape index (κ3) is 4.03. The van der Waals surface area contributed by atoms with Crippen molar-refractivity contribution in [2.45, 2.75) is 13.0 Å². The minimum absolute atomic E-state index is 0.117. The molecule has 35 heavy (non-hydrogen) atoms. The van der Waals surface area contributed by atoms with Crippen molar-refractivity contribution in [1.29, 1.82) is 0 Å². The number of aromatic nitrogens is 1. The van der Waals surface area contributed by atoms with Crippen molar-refractivity contribution in [3.8, 4) is 23.0 Å². The Hall–Kier alpha value is -4.47. The van der Waals surface area contributed by atoms with Crippen LogP contribution in [0.3, 0.4) is 0 Å². The Labute approximate surface area is 201 Å². The van der Waals surface area contributed by atoms with Crippen molar-refractivity contribution in [3.63, 3.8) is 0 Å². The number of ketones is 1. The van der Waals surface area contributed by atoms with Crippen molar-refractivity contribution in [1.82, 2.24) is 5.16 Å². The van der Waals surface area contributed by atoms with Crippen LogP contribution in [0, 0.1) is 6.92 Å². The van der Waals surface area contributed by atoms with E-state index in [0.717, 1.165) is 0 Å². The summed E-state index contributed by atoms with van der Waals surface area (Å²) in [6, 6.07) is 10.1. The SMILES string of the molecule is COc1ccc(OC)c(C2/C(=C(\O)c3ccc(OC)c(OC)c3)C(=O)C(=O)N2c2cc(C)on2)c1. The number of rotatable bonds is 7. The molecule has 0 spiro atoms. The van der Waals surface area contributed by atoms with Crippen molar-refractivity contribution in [2.24, 2.45) is 0 Å². The van der Waals surface area contributed by atoms with Crippen molar-refractivity contribution >= 4 is 23.3 Å². The smallest absolute Gasteiger partial charge is 0.301 e. The van der Waals surface area contributed by atoms with Crippen LogP contribution in [0.15, 0.2) is 52.6 Å². The van der Waals surface area contributed by atoms with E-state index in [4.69, 9.17) is 23.5 Å². The zero-order valence-corrected chi connectivity index (χ0v) is 19.8. The summed E-state index contributed by atoms with van der Waals surface area (Å²) in [4.78, 5) is 27.8. The molecule has 0 saturated carbocycles. The fourth-order valence-electron chi connectivity index (χ4n) is 4.02. The van der Waals surface area contributed by atoms with Crippen LogP contribution in [0.25, 0.3) is 5.76 Å². The summed E-state index contributed by atoms with van der Waals surface area (Å²) >= 11 is 0. The number of methoxy groups -OCH3 is 4. The van der Waals surface area contributed by atoms with Gasteiger partial charge in [-0.1, -0.05) is 5.16 Å². The van der Waals surface area contributed by atoms with Crippen LogP contribution in [-0.4, -0.2) is 50.4 Å². The Bertz CT molecular complexity index is 1330. The quantitative estimate of drug-likeness (QED) is 0.307. The lowest BCUT2D eigenvalue weighted by Gasteiger charge is -2.25. The van der Waals surface area contributed by atoms with Crippen LogP contribution in [0.1, 0.15) is 22.9 Å². The van der Waals surface area contributed by atoms with Gasteiger partial charge in [0, 0.05) is 17.2 Å². The molecule has 1 aliphatic heterocycles. The Morgan fingerprint density at radius 2 is 1.60 bits per heavy atom. The first-order valence-electron chi connectivity index (χ1n) is 10.5. The minimum atomic E-state index is -1.09. The number of anilines is 1. The number of carbonyl (C=O) groups excluding carboxylic acids is 2. The van der Waals surface area contributed by atoms with Gasteiger partial charge in [0.05, 0.1) is 34.0 Å². The largest absolute Gasteiger partial charge is 0.507 e. The number of aliphatic hydroxyl groups excluding tert-OH is 1. The first-order chi connectivity index (χ1) is 16.8. The number of aliphatic hydroxyl groups is 1. The number of ether oxygens (including phenoxy) is 4. The number of amides is 1. The molecule has 182 valence electrons. The molecule has 1 aliphatic rings. The van der Waals surface area contributed by atoms with E-state index in [1.165, 1.54) is 45.5 Å². The highest BCUT2D eigenvalue weighted by Crippen LogP contribution is 2.46. The molecule has 1 fully saturated rings. The van der Waals surface area contributed by atoms with Crippen molar-refractivity contribution < 1.29 is 38.2 Å². The van der Waals surface area contributed by atoms with Crippen LogP contribution in [0.2, 0.25) is 0 Å². The summed E-state index contributed by atoms with van der Waals surface area (Å²) in [7, 11) is 5.89. The second-order valence-corrected chi connectivity index (χ2v) is 7.64. The van der Waals surface area contributed by atoms with Crippen molar-refractivity contribution in [3.05, 3.63) is 64.9 Å². The molecule has 1 aromatic heterocycles. The molecule has 10 nitrogen and oxygen atoms in total. The van der Waals surface area contributed by atoms with Gasteiger partial charge < -0.3 is 28.6 Å². The molecule has 4 rings (SSSR count). The molecule has 1 atom stereocenters. The lowest BCUT2D eigenvalue weighted by Crippen LogP contribution is -2.30. The number of hydrogen-bond acceptors (Lipinski definition) is 9. The van der Waals surface area contributed by atoms with E-state index in [-0.39, 0.29) is 17.0 Å². The maximum atomic E-state index is 13.3. The van der Waals surface area contributed by atoms with E-state index in [9.17, 15) is 14.7 Å². The maximum Gasteiger partial charge on any atom is 0.301 e. The predicted molar refractivity (Wildman–Crippen MR) is 125 cm³/mol. The van der Waals surface area contributed by atoms with E-state index < -0.39 is 23.5 Å². The zero-order valence-electron chi connectivity index (χ0n) is 19.8. The van der Waals surface area contributed by atoms with Gasteiger partial charge >= 0.3 is 5.91 Å². The summed E-state index contributed by atoms with van der Waals surface area (Å²) < 4.78 is 26.6. The van der Waals surface area contributed by atoms with Gasteiger partial charge in [0.25, 0.3) is 5.78 Å². The number of benzene rings is 2. The number of nitrogens with zero attached hydrogens (tertiary/aromatic N) is 2. The van der Waals surface area contributed by atoms with Gasteiger partial charge in [0.15, 0.2) is 17.3 Å². The molecule has 10 heteroatoms. The number of Topliss-reactive ketones (excluding diaryl/α,β-unsaturated/α-hetero) is 1. The van der Waals surface area contributed by atoms with E-state index in [2.05, 4.69) is 5.16 Å². The summed E-state index contributed by atoms with van der Waals surface area (Å²) in [5.74, 6) is 0.00542. The van der Waals surface area contributed by atoms with Gasteiger partial charge in [0.2, 0.25) is 0 Å². The first-order valence-corrected chi connectivity index (χ1v) is 10.5. The average Bonchev–Trinajstić information content (AvgIpc) is 3.42. The molecule has 0 bridgehead atoms. The van der Waals surface area contributed by atoms with Crippen LogP contribution < -0.4 is 23.8 Å². The molecule has 2 heterocycles. The van der Waals surface area contributed by atoms with E-state index in [1.807, 2.05) is 0 Å². The Balaban J connectivity index is 2.00. The van der Waals surface area contributed by atoms with Gasteiger partial charge in [-0.05, 0) is 43.3 Å². The van der Waals surface area contributed by atoms with Gasteiger partial charge in [-0.15, -0.1) is 0 Å². The molecule has 1 unspecified atom stereocenters. The Kier molecular flexibility index (Phi) is 6.37. The fourth-order valence-corrected chi connectivity index (χ4v) is 4.02. The zero-order chi connectivity index (χ0) is 25.3. The Morgan fingerprint density at radius 3 is 2.20 bits per heavy atom. The third-order valence-electron chi connectivity index (χ3n) is 5.70. The molecule has 1 amide bonds. The van der Waals surface area contributed by atoms with Crippen LogP contribution in [-0.2, 0) is 9.59 Å². The summed E-state index contributed by atoms with van der Waals surface area (Å²) in [6.07, 6.45) is 0. The summed E-state index contributed by atoms with van der Waals surface area (Å²) in [6.45, 7) is 1.66. The highest BCUT2D eigenvalue weighted by Gasteiger charge is 2.49. The van der Waals surface area contributed by atoms with Gasteiger partial charge in [-0.2, -0.15) is 0 Å². The number of carbonyl (C=O) groups is 2. The average molecular weight is 480 g/mol. The highest BCUT2D eigenvalue weighted by atomic mass is 16.5. The lowest BCUT2D eigenvalue weighted by molar-refractivity contribution is -0.132. The molecule has 1 N–H and O–H groups in total. The topological polar surface area (TPSA) is 121 Å². The van der Waals surface area contributed by atoms with Crippen LogP contribution in [0.5, 0.6) is 23.0 Å². The van der Waals surface area contributed by atoms with Gasteiger partial charge in [-0.3, -0.25) is 14.5 Å². The minimum Gasteiger partial charge on any atom is -0.507 e. The standard InChI is InChI=1S/C25H24N2O8/c1-13-10-20(26-35-13)27-22(16-12-15(31-2)7-9-17(16)32-3)21(24(29)25(27)30)23(28)14-6-8-18(33-4)19(11-14)34-5/h6-12,22,28H,1-5H3/b23-21+. The second kappa shape index (κ2) is 9.41. The lowest BCUT2D eigenvalue weighted by atomic mass is 9.94. The van der Waals surface area contributed by atoms with E-state index >= 15 is 0 Å². The second-order valence-electron chi connectivity index (χ2n) is 7.64. The van der Waals surface area contributed by atoms with Crippen LogP contribution >= 0.6 is 0 Å². The monoisotopic (exact) mass is 480 g/mol. The molecule has 0 radical (unpaired) electrons. The molecule has 3 aromatic rings. The van der Waals surface area contributed by atoms with Gasteiger partial charge in [0.1, 0.15) is 29.1 Å². The maximum absolute atomic E-state index is 13.3. The molecule has 0 aliphatic carbocycles. The third-order valence-corrected chi connectivity index (χ3v) is 5.70. The fraction of sp³-hybridized carbons (Fsp3) is 0.240. The highest BCUT2D eigenvalue weighted by molar-refractivity contribution is 6.51. The molecule has 1 saturated heterocycles. The van der Waals surface area contributed by atoms with Gasteiger partial charge in [-0.25, -0.2) is 0 Å². The summed E-state index contributed by atoms with van der Waals surface area (Å²) in [5, 5.41) is 15.3. The normalized spacial score (nSPS) is 16.9. The first kappa shape index (κ1) is 23.7. The van der Waals surface area contributed by atoms with E-state index in [0.29, 0.717) is 34.3 Å².